The summed E-state index contributed by atoms with van der Waals surface area (Å²) in [5, 5.41) is 22.2. The number of aromatic nitrogens is 3. The molecule has 0 fully saturated rings. The van der Waals surface area contributed by atoms with Gasteiger partial charge < -0.3 is 5.11 Å². The average Bonchev–Trinajstić information content (AvgIpc) is 2.80. The van der Waals surface area contributed by atoms with Crippen molar-refractivity contribution in [3.05, 3.63) is 96.2 Å². The van der Waals surface area contributed by atoms with Crippen LogP contribution in [0.25, 0.3) is 22.3 Å². The highest BCUT2D eigenvalue weighted by molar-refractivity contribution is 5.87. The lowest BCUT2D eigenvalue weighted by atomic mass is 10.1. The van der Waals surface area contributed by atoms with Crippen LogP contribution in [0.1, 0.15) is 30.7 Å². The molecule has 34 heavy (non-hydrogen) atoms. The number of hydrogen-bond acceptors (Lipinski definition) is 6. The molecule has 3 aromatic heterocycles. The van der Waals surface area contributed by atoms with Crippen molar-refractivity contribution in [1.82, 2.24) is 14.1 Å². The van der Waals surface area contributed by atoms with E-state index < -0.39 is 39.0 Å². The number of aromatic hydroxyl groups is 1. The van der Waals surface area contributed by atoms with Crippen molar-refractivity contribution in [2.24, 2.45) is 0 Å². The molecule has 0 spiro atoms. The first-order valence-electron chi connectivity index (χ1n) is 10.6. The van der Waals surface area contributed by atoms with E-state index in [1.807, 2.05) is 13.8 Å². The molecule has 0 saturated carbocycles. The van der Waals surface area contributed by atoms with Crippen LogP contribution >= 0.6 is 0 Å². The first kappa shape index (κ1) is 22.8. The van der Waals surface area contributed by atoms with Gasteiger partial charge in [0.1, 0.15) is 11.3 Å². The molecule has 0 bridgehead atoms. The normalized spacial score (nSPS) is 11.2. The summed E-state index contributed by atoms with van der Waals surface area (Å²) in [6.07, 6.45) is 4.19. The van der Waals surface area contributed by atoms with E-state index in [4.69, 9.17) is 0 Å². The fourth-order valence-corrected chi connectivity index (χ4v) is 4.23. The number of hydrogen-bond donors (Lipinski definition) is 1. The first-order chi connectivity index (χ1) is 16.2. The Hall–Kier alpha value is -4.34. The predicted octanol–water partition coefficient (Wildman–Crippen LogP) is 3.72. The predicted molar refractivity (Wildman–Crippen MR) is 125 cm³/mol. The summed E-state index contributed by atoms with van der Waals surface area (Å²) < 4.78 is 16.9. The molecule has 0 radical (unpaired) electrons. The van der Waals surface area contributed by atoms with Crippen LogP contribution in [0.3, 0.4) is 0 Å². The number of nitro benzene ring substituents is 1. The summed E-state index contributed by atoms with van der Waals surface area (Å²) in [4.78, 5) is 42.1. The van der Waals surface area contributed by atoms with E-state index in [1.54, 1.807) is 12.4 Å². The summed E-state index contributed by atoms with van der Waals surface area (Å²) in [5.41, 5.74) is -0.935. The number of aryl methyl sites for hydroxylation is 3. The van der Waals surface area contributed by atoms with E-state index >= 15 is 0 Å². The molecule has 0 aliphatic heterocycles. The van der Waals surface area contributed by atoms with Crippen LogP contribution in [0, 0.1) is 22.9 Å². The molecule has 10 heteroatoms. The highest BCUT2D eigenvalue weighted by Crippen LogP contribution is 2.30. The molecule has 0 unspecified atom stereocenters. The van der Waals surface area contributed by atoms with Crippen molar-refractivity contribution in [2.75, 3.05) is 0 Å². The van der Waals surface area contributed by atoms with Gasteiger partial charge in [-0.2, -0.15) is 0 Å². The van der Waals surface area contributed by atoms with Gasteiger partial charge in [0.15, 0.2) is 11.5 Å². The van der Waals surface area contributed by atoms with Crippen molar-refractivity contribution in [2.45, 2.75) is 33.6 Å². The van der Waals surface area contributed by atoms with E-state index in [0.29, 0.717) is 29.7 Å². The lowest BCUT2D eigenvalue weighted by molar-refractivity contribution is -0.384. The molecule has 4 rings (SSSR count). The largest absolute Gasteiger partial charge is 0.507 e. The first-order valence-corrected chi connectivity index (χ1v) is 10.6. The van der Waals surface area contributed by atoms with E-state index in [2.05, 4.69) is 4.98 Å². The summed E-state index contributed by atoms with van der Waals surface area (Å²) in [6.45, 7) is 5.21. The van der Waals surface area contributed by atoms with Gasteiger partial charge in [-0.3, -0.25) is 33.8 Å². The minimum atomic E-state index is -0.972. The van der Waals surface area contributed by atoms with Crippen molar-refractivity contribution in [1.29, 1.82) is 0 Å². The summed E-state index contributed by atoms with van der Waals surface area (Å²) in [7, 11) is 0. The van der Waals surface area contributed by atoms with Crippen molar-refractivity contribution < 1.29 is 14.4 Å². The Labute approximate surface area is 192 Å². The Morgan fingerprint density at radius 1 is 1.06 bits per heavy atom. The maximum absolute atomic E-state index is 14.9. The van der Waals surface area contributed by atoms with Crippen molar-refractivity contribution >= 4 is 16.6 Å². The molecule has 9 nitrogen and oxygen atoms in total. The Morgan fingerprint density at radius 2 is 1.71 bits per heavy atom. The molecule has 0 aliphatic carbocycles. The molecule has 174 valence electrons. The summed E-state index contributed by atoms with van der Waals surface area (Å²) in [6, 6.07) is 5.70. The molecule has 3 heterocycles. The second-order valence-electron chi connectivity index (χ2n) is 7.77. The highest BCUT2D eigenvalue weighted by Gasteiger charge is 2.26. The quantitative estimate of drug-likeness (QED) is 0.355. The van der Waals surface area contributed by atoms with Crippen LogP contribution < -0.4 is 11.1 Å². The van der Waals surface area contributed by atoms with Gasteiger partial charge in [0.2, 0.25) is 0 Å². The zero-order chi connectivity index (χ0) is 24.7. The molecule has 0 aliphatic rings. The second kappa shape index (κ2) is 8.54. The number of nitro groups is 1. The van der Waals surface area contributed by atoms with Gasteiger partial charge in [0, 0.05) is 35.6 Å². The van der Waals surface area contributed by atoms with Gasteiger partial charge in [0.25, 0.3) is 16.8 Å². The van der Waals surface area contributed by atoms with Crippen LogP contribution in [0.2, 0.25) is 0 Å². The third-order valence-corrected chi connectivity index (χ3v) is 5.79. The maximum Gasteiger partial charge on any atom is 0.296 e. The van der Waals surface area contributed by atoms with Gasteiger partial charge in [-0.15, -0.1) is 0 Å². The molecule has 1 N–H and O–H groups in total. The second-order valence-corrected chi connectivity index (χ2v) is 7.77. The summed E-state index contributed by atoms with van der Waals surface area (Å²) in [5.74, 6) is -1.39. The van der Waals surface area contributed by atoms with Gasteiger partial charge in [-0.25, -0.2) is 4.39 Å². The number of nitrogens with zero attached hydrogens (tertiary/aromatic N) is 4. The molecular weight excluding hydrogens is 443 g/mol. The SMILES string of the molecule is CCc1cncc(CC)c1-n1c(=O)cc(O)c2cc(C)n(-c3c(F)cccc3[N+](=O)[O-])c(=O)c21. The highest BCUT2D eigenvalue weighted by atomic mass is 19.1. The van der Waals surface area contributed by atoms with Gasteiger partial charge in [-0.05, 0) is 43.0 Å². The van der Waals surface area contributed by atoms with Crippen LogP contribution in [0.15, 0.2) is 52.3 Å². The zero-order valence-corrected chi connectivity index (χ0v) is 18.7. The van der Waals surface area contributed by atoms with E-state index in [9.17, 15) is 29.2 Å². The van der Waals surface area contributed by atoms with Crippen molar-refractivity contribution in [3.63, 3.8) is 0 Å². The lowest BCUT2D eigenvalue weighted by Crippen LogP contribution is -2.30. The van der Waals surface area contributed by atoms with E-state index in [1.165, 1.54) is 23.6 Å². The number of fused-ring (bicyclic) bond motifs is 1. The molecule has 0 amide bonds. The topological polar surface area (TPSA) is 120 Å². The minimum Gasteiger partial charge on any atom is -0.507 e. The number of halogens is 1. The Bertz CT molecular complexity index is 1570. The monoisotopic (exact) mass is 464 g/mol. The Balaban J connectivity index is 2.27. The summed E-state index contributed by atoms with van der Waals surface area (Å²) >= 11 is 0. The van der Waals surface area contributed by atoms with Crippen LogP contribution in [0.5, 0.6) is 5.75 Å². The Kier molecular flexibility index (Phi) is 5.74. The maximum atomic E-state index is 14.9. The number of rotatable bonds is 5. The average molecular weight is 464 g/mol. The fourth-order valence-electron chi connectivity index (χ4n) is 4.23. The van der Waals surface area contributed by atoms with Gasteiger partial charge >= 0.3 is 0 Å². The van der Waals surface area contributed by atoms with Crippen LogP contribution in [-0.2, 0) is 12.8 Å². The molecule has 0 saturated heterocycles. The molecule has 1 aromatic carbocycles. The third kappa shape index (κ3) is 3.43. The van der Waals surface area contributed by atoms with Gasteiger partial charge in [0.05, 0.1) is 10.6 Å². The fraction of sp³-hybridized carbons (Fsp3) is 0.208. The standard InChI is InChI=1S/C24H21FN4O5/c1-4-14-11-26-12-15(5-2)21(14)28-20(31)10-19(30)16-9-13(3)27(24(32)22(16)28)23-17(25)7-6-8-18(23)29(33)34/h6-12,30H,4-5H2,1-3H3. The smallest absolute Gasteiger partial charge is 0.296 e. The molecular formula is C24H21FN4O5. The van der Waals surface area contributed by atoms with Gasteiger partial charge in [-0.1, -0.05) is 19.9 Å². The Morgan fingerprint density at radius 3 is 2.29 bits per heavy atom. The molecule has 0 atom stereocenters. The lowest BCUT2D eigenvalue weighted by Gasteiger charge is -2.19. The zero-order valence-electron chi connectivity index (χ0n) is 18.7. The van der Waals surface area contributed by atoms with Crippen LogP contribution in [0.4, 0.5) is 10.1 Å². The van der Waals surface area contributed by atoms with Crippen LogP contribution in [-0.4, -0.2) is 24.1 Å². The van der Waals surface area contributed by atoms with E-state index in [-0.39, 0.29) is 16.6 Å². The number of pyridine rings is 3. The van der Waals surface area contributed by atoms with E-state index in [0.717, 1.165) is 22.8 Å². The minimum absolute atomic E-state index is 0.0678. The molecule has 4 aromatic rings. The number of para-hydroxylation sites is 1. The number of benzene rings is 1. The third-order valence-electron chi connectivity index (χ3n) is 5.79. The van der Waals surface area contributed by atoms with Crippen molar-refractivity contribution in [3.8, 4) is 17.1 Å².